The first-order valence-corrected chi connectivity index (χ1v) is 4.05. The Hall–Kier alpha value is -0.0800. The predicted octanol–water partition coefficient (Wildman–Crippen LogP) is 1.12. The summed E-state index contributed by atoms with van der Waals surface area (Å²) in [4.78, 5) is 2.41. The molecule has 1 saturated heterocycles. The SMILES string of the molecule is CC[C@@H]1COC[C@H](C)N1C. The van der Waals surface area contributed by atoms with Crippen LogP contribution in [-0.2, 0) is 4.74 Å². The first-order chi connectivity index (χ1) is 4.75. The van der Waals surface area contributed by atoms with Crippen molar-refractivity contribution in [1.29, 1.82) is 0 Å². The van der Waals surface area contributed by atoms with Gasteiger partial charge in [0.2, 0.25) is 0 Å². The first kappa shape index (κ1) is 8.02. The van der Waals surface area contributed by atoms with Crippen LogP contribution in [0.15, 0.2) is 0 Å². The lowest BCUT2D eigenvalue weighted by molar-refractivity contribution is -0.0303. The van der Waals surface area contributed by atoms with Gasteiger partial charge in [0.15, 0.2) is 0 Å². The Morgan fingerprint density at radius 2 is 2.20 bits per heavy atom. The summed E-state index contributed by atoms with van der Waals surface area (Å²) in [7, 11) is 2.18. The van der Waals surface area contributed by atoms with E-state index < -0.39 is 0 Å². The molecule has 2 nitrogen and oxygen atoms in total. The standard InChI is InChI=1S/C8H17NO/c1-4-8-6-10-5-7(2)9(8)3/h7-8H,4-6H2,1-3H3/t7-,8+/m0/s1. The molecule has 1 rings (SSSR count). The summed E-state index contributed by atoms with van der Waals surface area (Å²) < 4.78 is 5.41. The highest BCUT2D eigenvalue weighted by molar-refractivity contribution is 4.76. The number of hydrogen-bond donors (Lipinski definition) is 0. The van der Waals surface area contributed by atoms with Gasteiger partial charge in [-0.05, 0) is 20.4 Å². The Bertz CT molecular complexity index is 105. The maximum Gasteiger partial charge on any atom is 0.0622 e. The van der Waals surface area contributed by atoms with E-state index in [4.69, 9.17) is 4.74 Å². The molecule has 0 amide bonds. The molecule has 1 aliphatic rings. The third-order valence-corrected chi connectivity index (χ3v) is 2.41. The molecule has 1 heterocycles. The van der Waals surface area contributed by atoms with Gasteiger partial charge in [-0.2, -0.15) is 0 Å². The van der Waals surface area contributed by atoms with E-state index in [-0.39, 0.29) is 0 Å². The summed E-state index contributed by atoms with van der Waals surface area (Å²) in [5.41, 5.74) is 0. The van der Waals surface area contributed by atoms with Crippen molar-refractivity contribution >= 4 is 0 Å². The predicted molar refractivity (Wildman–Crippen MR) is 42.1 cm³/mol. The minimum Gasteiger partial charge on any atom is -0.378 e. The van der Waals surface area contributed by atoms with E-state index in [1.165, 1.54) is 6.42 Å². The van der Waals surface area contributed by atoms with E-state index in [2.05, 4.69) is 25.8 Å². The van der Waals surface area contributed by atoms with Crippen LogP contribution in [0.5, 0.6) is 0 Å². The molecular formula is C8H17NO. The third kappa shape index (κ3) is 1.50. The second-order valence-electron chi connectivity index (χ2n) is 3.11. The molecule has 0 saturated carbocycles. The molecule has 10 heavy (non-hydrogen) atoms. The van der Waals surface area contributed by atoms with Crippen LogP contribution in [0.25, 0.3) is 0 Å². The van der Waals surface area contributed by atoms with E-state index in [9.17, 15) is 0 Å². The first-order valence-electron chi connectivity index (χ1n) is 4.05. The van der Waals surface area contributed by atoms with Gasteiger partial charge in [-0.15, -0.1) is 0 Å². The molecule has 0 aromatic rings. The fourth-order valence-corrected chi connectivity index (χ4v) is 1.38. The van der Waals surface area contributed by atoms with E-state index in [1.807, 2.05) is 0 Å². The molecule has 0 aromatic heterocycles. The van der Waals surface area contributed by atoms with Crippen LogP contribution < -0.4 is 0 Å². The zero-order chi connectivity index (χ0) is 7.56. The number of nitrogens with zero attached hydrogens (tertiary/aromatic N) is 1. The van der Waals surface area contributed by atoms with Gasteiger partial charge in [-0.1, -0.05) is 6.92 Å². The quantitative estimate of drug-likeness (QED) is 0.545. The van der Waals surface area contributed by atoms with Crippen molar-refractivity contribution in [3.63, 3.8) is 0 Å². The lowest BCUT2D eigenvalue weighted by Crippen LogP contribution is -2.48. The van der Waals surface area contributed by atoms with E-state index in [1.54, 1.807) is 0 Å². The Labute approximate surface area is 63.2 Å². The number of hydrogen-bond acceptors (Lipinski definition) is 2. The molecule has 0 spiro atoms. The van der Waals surface area contributed by atoms with Gasteiger partial charge >= 0.3 is 0 Å². The van der Waals surface area contributed by atoms with Crippen LogP contribution in [0.2, 0.25) is 0 Å². The molecule has 1 aliphatic heterocycles. The summed E-state index contributed by atoms with van der Waals surface area (Å²) in [5.74, 6) is 0. The highest BCUT2D eigenvalue weighted by Crippen LogP contribution is 2.12. The molecule has 0 bridgehead atoms. The van der Waals surface area contributed by atoms with E-state index in [0.717, 1.165) is 13.2 Å². The largest absolute Gasteiger partial charge is 0.378 e. The Kier molecular flexibility index (Phi) is 2.69. The second kappa shape index (κ2) is 3.35. The van der Waals surface area contributed by atoms with Gasteiger partial charge in [0.25, 0.3) is 0 Å². The maximum atomic E-state index is 5.41. The Morgan fingerprint density at radius 3 is 2.70 bits per heavy atom. The van der Waals surface area contributed by atoms with Crippen molar-refractivity contribution in [2.75, 3.05) is 20.3 Å². The van der Waals surface area contributed by atoms with Crippen LogP contribution in [0, 0.1) is 0 Å². The van der Waals surface area contributed by atoms with Crippen LogP contribution in [-0.4, -0.2) is 37.2 Å². The molecular weight excluding hydrogens is 126 g/mol. The van der Waals surface area contributed by atoms with Crippen LogP contribution in [0.4, 0.5) is 0 Å². The number of morpholine rings is 1. The van der Waals surface area contributed by atoms with E-state index in [0.29, 0.717) is 12.1 Å². The topological polar surface area (TPSA) is 12.5 Å². The van der Waals surface area contributed by atoms with Crippen molar-refractivity contribution in [2.24, 2.45) is 0 Å². The lowest BCUT2D eigenvalue weighted by Gasteiger charge is -2.37. The highest BCUT2D eigenvalue weighted by Gasteiger charge is 2.22. The smallest absolute Gasteiger partial charge is 0.0622 e. The fraction of sp³-hybridized carbons (Fsp3) is 1.00. The minimum absolute atomic E-state index is 0.596. The summed E-state index contributed by atoms with van der Waals surface area (Å²) in [6, 6.07) is 1.24. The van der Waals surface area contributed by atoms with Gasteiger partial charge in [-0.25, -0.2) is 0 Å². The van der Waals surface area contributed by atoms with Crippen LogP contribution >= 0.6 is 0 Å². The Balaban J connectivity index is 2.42. The molecule has 0 unspecified atom stereocenters. The van der Waals surface area contributed by atoms with Gasteiger partial charge in [0.05, 0.1) is 13.2 Å². The molecule has 2 atom stereocenters. The van der Waals surface area contributed by atoms with Gasteiger partial charge < -0.3 is 4.74 Å². The number of likely N-dealkylation sites (N-methyl/N-ethyl adjacent to an activating group) is 1. The lowest BCUT2D eigenvalue weighted by atomic mass is 10.1. The summed E-state index contributed by atoms with van der Waals surface area (Å²) in [6.45, 7) is 6.23. The fourth-order valence-electron chi connectivity index (χ4n) is 1.38. The summed E-state index contributed by atoms with van der Waals surface area (Å²) in [5, 5.41) is 0. The minimum atomic E-state index is 0.596. The normalized spacial score (nSPS) is 36.3. The third-order valence-electron chi connectivity index (χ3n) is 2.41. The maximum absolute atomic E-state index is 5.41. The monoisotopic (exact) mass is 143 g/mol. The van der Waals surface area contributed by atoms with Crippen molar-refractivity contribution in [3.05, 3.63) is 0 Å². The summed E-state index contributed by atoms with van der Waals surface area (Å²) >= 11 is 0. The molecule has 0 radical (unpaired) electrons. The highest BCUT2D eigenvalue weighted by atomic mass is 16.5. The van der Waals surface area contributed by atoms with Crippen molar-refractivity contribution < 1.29 is 4.74 Å². The average molecular weight is 143 g/mol. The zero-order valence-corrected chi connectivity index (χ0v) is 7.13. The molecule has 0 aliphatic carbocycles. The van der Waals surface area contributed by atoms with Crippen LogP contribution in [0.3, 0.4) is 0 Å². The van der Waals surface area contributed by atoms with Crippen molar-refractivity contribution in [3.8, 4) is 0 Å². The number of rotatable bonds is 1. The number of ether oxygens (including phenoxy) is 1. The zero-order valence-electron chi connectivity index (χ0n) is 7.13. The summed E-state index contributed by atoms with van der Waals surface area (Å²) in [6.07, 6.45) is 1.20. The molecule has 60 valence electrons. The van der Waals surface area contributed by atoms with Crippen LogP contribution in [0.1, 0.15) is 20.3 Å². The van der Waals surface area contributed by atoms with Gasteiger partial charge in [0.1, 0.15) is 0 Å². The Morgan fingerprint density at radius 1 is 1.50 bits per heavy atom. The van der Waals surface area contributed by atoms with Gasteiger partial charge in [0, 0.05) is 12.1 Å². The molecule has 1 fully saturated rings. The van der Waals surface area contributed by atoms with Gasteiger partial charge in [-0.3, -0.25) is 4.90 Å². The second-order valence-corrected chi connectivity index (χ2v) is 3.11. The van der Waals surface area contributed by atoms with Crippen molar-refractivity contribution in [2.45, 2.75) is 32.4 Å². The molecule has 2 heteroatoms. The van der Waals surface area contributed by atoms with Crippen molar-refractivity contribution in [1.82, 2.24) is 4.90 Å². The van der Waals surface area contributed by atoms with E-state index >= 15 is 0 Å². The molecule has 0 N–H and O–H groups in total. The molecule has 0 aromatic carbocycles. The average Bonchev–Trinajstić information content (AvgIpc) is 1.95.